The number of carboxylic acids is 1. The van der Waals surface area contributed by atoms with Crippen LogP contribution in [-0.4, -0.2) is 23.1 Å². The van der Waals surface area contributed by atoms with Gasteiger partial charge in [-0.25, -0.2) is 0 Å². The molecule has 1 atom stereocenters. The first-order valence-corrected chi connectivity index (χ1v) is 18.3. The largest absolute Gasteiger partial charge is 0.481 e. The fourth-order valence-corrected chi connectivity index (χ4v) is 5.03. The summed E-state index contributed by atoms with van der Waals surface area (Å²) in [6, 6.07) is 0. The van der Waals surface area contributed by atoms with Crippen LogP contribution in [0.5, 0.6) is 0 Å². The second-order valence-corrected chi connectivity index (χ2v) is 12.0. The molecule has 0 aliphatic heterocycles. The molecule has 1 N–H and O–H groups in total. The molecule has 1 unspecified atom stereocenters. The average Bonchev–Trinajstić information content (AvgIpc) is 3.01. The standard InChI is InChI=1S/C40H68O4/c1-3-5-7-9-11-13-14-15-16-17-18-19-20-21-23-29-33-37-40(43)44-38(34-30-26-22-12-10-8-6-4-2)35-31-27-24-25-28-32-36-39(41)42/h5,7,11-13,15-16,22,30,34,38H,3-4,6,8-10,14,17-21,23-29,31-33,35-37H2,1-2H3,(H,41,42)/b7-5-,13-11-,16-15-,22-12-,34-30-. The van der Waals surface area contributed by atoms with E-state index in [0.717, 1.165) is 89.9 Å². The Balaban J connectivity index is 4.09. The van der Waals surface area contributed by atoms with E-state index >= 15 is 0 Å². The summed E-state index contributed by atoms with van der Waals surface area (Å²) < 4.78 is 5.88. The van der Waals surface area contributed by atoms with Crippen molar-refractivity contribution in [3.8, 4) is 0 Å². The molecule has 0 spiro atoms. The van der Waals surface area contributed by atoms with E-state index < -0.39 is 5.97 Å². The normalized spacial score (nSPS) is 13.0. The lowest BCUT2D eigenvalue weighted by Gasteiger charge is -2.14. The van der Waals surface area contributed by atoms with Gasteiger partial charge >= 0.3 is 11.9 Å². The number of esters is 1. The topological polar surface area (TPSA) is 63.6 Å². The third kappa shape index (κ3) is 34.1. The maximum atomic E-state index is 12.6. The molecule has 0 amide bonds. The average molecular weight is 613 g/mol. The van der Waals surface area contributed by atoms with Gasteiger partial charge in [0, 0.05) is 12.8 Å². The van der Waals surface area contributed by atoms with Crippen LogP contribution < -0.4 is 0 Å². The molecular formula is C40H68O4. The minimum Gasteiger partial charge on any atom is -0.481 e. The second-order valence-electron chi connectivity index (χ2n) is 12.0. The van der Waals surface area contributed by atoms with Crippen LogP contribution in [0.15, 0.2) is 60.8 Å². The Labute approximate surface area is 272 Å². The summed E-state index contributed by atoms with van der Waals surface area (Å²) in [4.78, 5) is 23.2. The monoisotopic (exact) mass is 613 g/mol. The highest BCUT2D eigenvalue weighted by atomic mass is 16.5. The number of rotatable bonds is 32. The van der Waals surface area contributed by atoms with Crippen LogP contribution in [0.3, 0.4) is 0 Å². The van der Waals surface area contributed by atoms with E-state index in [-0.39, 0.29) is 18.5 Å². The van der Waals surface area contributed by atoms with Crippen LogP contribution in [-0.2, 0) is 14.3 Å². The Kier molecular flexibility index (Phi) is 33.2. The smallest absolute Gasteiger partial charge is 0.306 e. The fraction of sp³-hybridized carbons (Fsp3) is 0.700. The fourth-order valence-electron chi connectivity index (χ4n) is 5.03. The van der Waals surface area contributed by atoms with Crippen molar-refractivity contribution < 1.29 is 19.4 Å². The third-order valence-electron chi connectivity index (χ3n) is 7.71. The van der Waals surface area contributed by atoms with Crippen LogP contribution in [0.1, 0.15) is 174 Å². The minimum absolute atomic E-state index is 0.0671. The first-order chi connectivity index (χ1) is 21.6. The van der Waals surface area contributed by atoms with Gasteiger partial charge in [-0.2, -0.15) is 0 Å². The lowest BCUT2D eigenvalue weighted by atomic mass is 10.1. The van der Waals surface area contributed by atoms with Crippen molar-refractivity contribution in [2.75, 3.05) is 0 Å². The molecule has 0 aliphatic carbocycles. The summed E-state index contributed by atoms with van der Waals surface area (Å²) in [6.07, 6.45) is 48.2. The highest BCUT2D eigenvalue weighted by molar-refractivity contribution is 5.69. The zero-order valence-corrected chi connectivity index (χ0v) is 28.7. The van der Waals surface area contributed by atoms with E-state index in [1.54, 1.807) is 0 Å². The van der Waals surface area contributed by atoms with Gasteiger partial charge in [-0.15, -0.1) is 0 Å². The van der Waals surface area contributed by atoms with Gasteiger partial charge in [0.05, 0.1) is 0 Å². The van der Waals surface area contributed by atoms with Gasteiger partial charge < -0.3 is 9.84 Å². The lowest BCUT2D eigenvalue weighted by Crippen LogP contribution is -2.16. The number of carbonyl (C=O) groups is 2. The van der Waals surface area contributed by atoms with Crippen molar-refractivity contribution in [1.29, 1.82) is 0 Å². The van der Waals surface area contributed by atoms with Crippen molar-refractivity contribution in [3.05, 3.63) is 60.8 Å². The van der Waals surface area contributed by atoms with Gasteiger partial charge in [-0.1, -0.05) is 139 Å². The van der Waals surface area contributed by atoms with E-state index in [0.29, 0.717) is 6.42 Å². The van der Waals surface area contributed by atoms with Gasteiger partial charge in [0.2, 0.25) is 0 Å². The van der Waals surface area contributed by atoms with Gasteiger partial charge in [0.1, 0.15) is 6.10 Å². The van der Waals surface area contributed by atoms with Crippen molar-refractivity contribution in [1.82, 2.24) is 0 Å². The molecule has 0 saturated heterocycles. The van der Waals surface area contributed by atoms with Gasteiger partial charge in [0.15, 0.2) is 0 Å². The molecule has 0 bridgehead atoms. The van der Waals surface area contributed by atoms with Crippen molar-refractivity contribution >= 4 is 11.9 Å². The van der Waals surface area contributed by atoms with Crippen LogP contribution in [0.25, 0.3) is 0 Å². The SMILES string of the molecule is CC/C=C\C/C=C\C/C=C\CCCCCCCCCC(=O)OC(/C=C\C/C=C\CCCCC)CCCCCCCCC(=O)O. The molecule has 0 saturated carbocycles. The summed E-state index contributed by atoms with van der Waals surface area (Å²) in [6.45, 7) is 4.39. The number of hydrogen-bond acceptors (Lipinski definition) is 3. The number of unbranched alkanes of at least 4 members (excludes halogenated alkanes) is 15. The molecule has 0 fully saturated rings. The van der Waals surface area contributed by atoms with E-state index in [9.17, 15) is 9.59 Å². The number of allylic oxidation sites excluding steroid dienone is 9. The van der Waals surface area contributed by atoms with Gasteiger partial charge in [-0.05, 0) is 83.1 Å². The molecule has 0 radical (unpaired) electrons. The highest BCUT2D eigenvalue weighted by Gasteiger charge is 2.11. The van der Waals surface area contributed by atoms with E-state index in [1.807, 2.05) is 0 Å². The van der Waals surface area contributed by atoms with Crippen LogP contribution in [0, 0.1) is 0 Å². The number of carbonyl (C=O) groups excluding carboxylic acids is 1. The Morgan fingerprint density at radius 1 is 0.545 bits per heavy atom. The van der Waals surface area contributed by atoms with Gasteiger partial charge in [-0.3, -0.25) is 9.59 Å². The predicted molar refractivity (Wildman–Crippen MR) is 190 cm³/mol. The Morgan fingerprint density at radius 3 is 1.61 bits per heavy atom. The van der Waals surface area contributed by atoms with E-state index in [2.05, 4.69) is 74.6 Å². The molecule has 44 heavy (non-hydrogen) atoms. The summed E-state index contributed by atoms with van der Waals surface area (Å²) in [5.74, 6) is -0.774. The predicted octanol–water partition coefficient (Wildman–Crippen LogP) is 12.6. The van der Waals surface area contributed by atoms with E-state index in [4.69, 9.17) is 9.84 Å². The highest BCUT2D eigenvalue weighted by Crippen LogP contribution is 2.15. The summed E-state index contributed by atoms with van der Waals surface area (Å²) in [7, 11) is 0. The first kappa shape index (κ1) is 41.6. The van der Waals surface area contributed by atoms with Crippen LogP contribution >= 0.6 is 0 Å². The minimum atomic E-state index is -0.707. The van der Waals surface area contributed by atoms with Crippen LogP contribution in [0.2, 0.25) is 0 Å². The summed E-state index contributed by atoms with van der Waals surface area (Å²) >= 11 is 0. The molecule has 0 aromatic rings. The zero-order chi connectivity index (χ0) is 32.2. The molecule has 4 nitrogen and oxygen atoms in total. The Bertz CT molecular complexity index is 789. The molecule has 252 valence electrons. The van der Waals surface area contributed by atoms with Crippen molar-refractivity contribution in [2.24, 2.45) is 0 Å². The third-order valence-corrected chi connectivity index (χ3v) is 7.71. The molecule has 0 aliphatic rings. The summed E-state index contributed by atoms with van der Waals surface area (Å²) in [5, 5.41) is 8.76. The Hall–Kier alpha value is -2.36. The number of ether oxygens (including phenoxy) is 1. The maximum Gasteiger partial charge on any atom is 0.306 e. The molecule has 0 heterocycles. The second kappa shape index (κ2) is 35.1. The van der Waals surface area contributed by atoms with Crippen molar-refractivity contribution in [2.45, 2.75) is 180 Å². The number of hydrogen-bond donors (Lipinski definition) is 1. The first-order valence-electron chi connectivity index (χ1n) is 18.3. The van der Waals surface area contributed by atoms with E-state index in [1.165, 1.54) is 57.8 Å². The maximum absolute atomic E-state index is 12.6. The quantitative estimate of drug-likeness (QED) is 0.0466. The molecule has 4 heteroatoms. The molecule has 0 aromatic carbocycles. The lowest BCUT2D eigenvalue weighted by molar-refractivity contribution is -0.147. The Morgan fingerprint density at radius 2 is 1.02 bits per heavy atom. The van der Waals surface area contributed by atoms with Crippen LogP contribution in [0.4, 0.5) is 0 Å². The number of aliphatic carboxylic acids is 1. The summed E-state index contributed by atoms with van der Waals surface area (Å²) in [5.41, 5.74) is 0. The molecule has 0 aromatic heterocycles. The van der Waals surface area contributed by atoms with Gasteiger partial charge in [0.25, 0.3) is 0 Å². The van der Waals surface area contributed by atoms with Crippen molar-refractivity contribution in [3.63, 3.8) is 0 Å². The zero-order valence-electron chi connectivity index (χ0n) is 28.7. The molecule has 0 rings (SSSR count). The number of carboxylic acid groups (broad SMARTS) is 1. The molecular weight excluding hydrogens is 544 g/mol.